The van der Waals surface area contributed by atoms with E-state index >= 15 is 0 Å². The van der Waals surface area contributed by atoms with Gasteiger partial charge in [0.15, 0.2) is 0 Å². The molecule has 0 unspecified atom stereocenters. The van der Waals surface area contributed by atoms with Gasteiger partial charge in [-0.05, 0) is 38.3 Å². The lowest BCUT2D eigenvalue weighted by Gasteiger charge is -2.19. The number of rotatable bonds is 6. The summed E-state index contributed by atoms with van der Waals surface area (Å²) in [6, 6.07) is 6.30. The number of carbonyl (C=O) groups excluding carboxylic acids is 3. The zero-order valence-corrected chi connectivity index (χ0v) is 16.8. The van der Waals surface area contributed by atoms with Gasteiger partial charge in [-0.1, -0.05) is 18.9 Å². The fourth-order valence-electron chi connectivity index (χ4n) is 4.24. The molecule has 0 bridgehead atoms. The quantitative estimate of drug-likeness (QED) is 0.571. The number of carbonyl (C=O) groups is 3. The number of pyridine rings is 1. The Morgan fingerprint density at radius 3 is 2.77 bits per heavy atom. The smallest absolute Gasteiger partial charge is 0.325 e. The second-order valence-corrected chi connectivity index (χ2v) is 7.89. The molecule has 1 saturated carbocycles. The number of urea groups is 1. The first-order valence-corrected chi connectivity index (χ1v) is 10.2. The van der Waals surface area contributed by atoms with Gasteiger partial charge in [-0.2, -0.15) is 0 Å². The van der Waals surface area contributed by atoms with Crippen molar-refractivity contribution in [3.63, 3.8) is 0 Å². The molecule has 9 nitrogen and oxygen atoms in total. The first-order valence-electron chi connectivity index (χ1n) is 10.2. The highest BCUT2D eigenvalue weighted by molar-refractivity contribution is 6.07. The minimum Gasteiger partial charge on any atom is -0.459 e. The molecule has 1 N–H and O–H groups in total. The molecule has 3 amide bonds. The van der Waals surface area contributed by atoms with E-state index in [0.29, 0.717) is 30.6 Å². The number of nitrogens with zero attached hydrogens (tertiary/aromatic N) is 3. The molecule has 4 rings (SSSR count). The highest BCUT2D eigenvalue weighted by atomic mass is 16.5. The van der Waals surface area contributed by atoms with Crippen molar-refractivity contribution >= 4 is 23.6 Å². The average molecular weight is 412 g/mol. The summed E-state index contributed by atoms with van der Waals surface area (Å²) < 4.78 is 6.71. The van der Waals surface area contributed by atoms with E-state index in [4.69, 9.17) is 4.74 Å². The van der Waals surface area contributed by atoms with Crippen LogP contribution in [0.5, 0.6) is 0 Å². The number of esters is 1. The second-order valence-electron chi connectivity index (χ2n) is 7.89. The summed E-state index contributed by atoms with van der Waals surface area (Å²) in [6.07, 6.45) is 3.59. The normalized spacial score (nSPS) is 17.7. The predicted octanol–water partition coefficient (Wildman–Crippen LogP) is 1.69. The number of ether oxygens (including phenoxy) is 1. The van der Waals surface area contributed by atoms with Crippen molar-refractivity contribution in [2.45, 2.75) is 57.6 Å². The van der Waals surface area contributed by atoms with Crippen LogP contribution in [0.1, 0.15) is 49.9 Å². The molecule has 158 valence electrons. The third-order valence-corrected chi connectivity index (χ3v) is 5.78. The topological polar surface area (TPSA) is 110 Å². The molecule has 1 saturated heterocycles. The molecule has 1 aliphatic heterocycles. The molecule has 1 spiro atoms. The molecular weight excluding hydrogens is 388 g/mol. The predicted molar refractivity (Wildman–Crippen MR) is 107 cm³/mol. The van der Waals surface area contributed by atoms with E-state index < -0.39 is 11.5 Å². The summed E-state index contributed by atoms with van der Waals surface area (Å²) in [5.41, 5.74) is 0.673. The number of nitrogens with one attached hydrogen (secondary N) is 1. The maximum absolute atomic E-state index is 12.6. The van der Waals surface area contributed by atoms with Gasteiger partial charge in [0.05, 0.1) is 5.69 Å². The Hall–Kier alpha value is -3.23. The Balaban J connectivity index is 1.29. The zero-order chi connectivity index (χ0) is 21.3. The molecule has 2 aliphatic rings. The molecule has 0 aromatic carbocycles. The van der Waals surface area contributed by atoms with Gasteiger partial charge in [-0.3, -0.25) is 23.7 Å². The van der Waals surface area contributed by atoms with Crippen LogP contribution in [0.2, 0.25) is 0 Å². The zero-order valence-electron chi connectivity index (χ0n) is 16.8. The number of aryl methyl sites for hydroxylation is 1. The van der Waals surface area contributed by atoms with E-state index in [2.05, 4.69) is 10.3 Å². The van der Waals surface area contributed by atoms with Crippen molar-refractivity contribution in [3.05, 3.63) is 46.0 Å². The SMILES string of the molecule is Cc1cccc2nc(COC(=O)CCCN3C(=O)NC4(CCCC4)C3=O)cc(=O)n12. The Morgan fingerprint density at radius 1 is 1.23 bits per heavy atom. The molecule has 0 atom stereocenters. The van der Waals surface area contributed by atoms with Crippen molar-refractivity contribution in [2.75, 3.05) is 6.54 Å². The van der Waals surface area contributed by atoms with Crippen molar-refractivity contribution in [3.8, 4) is 0 Å². The molecule has 9 heteroatoms. The Kier molecular flexibility index (Phi) is 5.27. The van der Waals surface area contributed by atoms with E-state index in [1.54, 1.807) is 12.1 Å². The van der Waals surface area contributed by atoms with Crippen LogP contribution in [-0.4, -0.2) is 44.3 Å². The van der Waals surface area contributed by atoms with E-state index in [1.165, 1.54) is 15.4 Å². The van der Waals surface area contributed by atoms with Crippen molar-refractivity contribution in [1.82, 2.24) is 19.6 Å². The Labute approximate surface area is 173 Å². The van der Waals surface area contributed by atoms with Crippen LogP contribution < -0.4 is 10.9 Å². The van der Waals surface area contributed by atoms with Gasteiger partial charge in [0.2, 0.25) is 0 Å². The van der Waals surface area contributed by atoms with Gasteiger partial charge in [0, 0.05) is 24.7 Å². The molecule has 3 heterocycles. The minimum atomic E-state index is -0.730. The summed E-state index contributed by atoms with van der Waals surface area (Å²) in [7, 11) is 0. The third-order valence-electron chi connectivity index (χ3n) is 5.78. The van der Waals surface area contributed by atoms with Crippen LogP contribution in [0.15, 0.2) is 29.1 Å². The number of amides is 3. The molecule has 30 heavy (non-hydrogen) atoms. The van der Waals surface area contributed by atoms with Gasteiger partial charge in [-0.15, -0.1) is 0 Å². The number of hydrogen-bond acceptors (Lipinski definition) is 6. The molecule has 0 radical (unpaired) electrons. The van der Waals surface area contributed by atoms with Crippen LogP contribution in [0.25, 0.3) is 5.65 Å². The summed E-state index contributed by atoms with van der Waals surface area (Å²) in [5, 5.41) is 2.82. The van der Waals surface area contributed by atoms with E-state index in [9.17, 15) is 19.2 Å². The van der Waals surface area contributed by atoms with Crippen LogP contribution in [-0.2, 0) is 20.9 Å². The standard InChI is InChI=1S/C21H24N4O5/c1-14-6-4-7-16-22-15(12-17(26)25(14)16)13-30-18(27)8-5-11-24-19(28)21(23-20(24)29)9-2-3-10-21/h4,6-7,12H,2-3,5,8-11,13H2,1H3,(H,23,29). The third kappa shape index (κ3) is 3.67. The van der Waals surface area contributed by atoms with Crippen molar-refractivity contribution < 1.29 is 19.1 Å². The minimum absolute atomic E-state index is 0.0652. The summed E-state index contributed by atoms with van der Waals surface area (Å²) in [6.45, 7) is 1.89. The Bertz CT molecular complexity index is 1070. The second kappa shape index (κ2) is 7.89. The van der Waals surface area contributed by atoms with Crippen LogP contribution in [0.4, 0.5) is 4.79 Å². The number of aromatic nitrogens is 2. The first kappa shape index (κ1) is 20.1. The summed E-state index contributed by atoms with van der Waals surface area (Å²) >= 11 is 0. The molecule has 2 fully saturated rings. The highest BCUT2D eigenvalue weighted by Crippen LogP contribution is 2.35. The lowest BCUT2D eigenvalue weighted by Crippen LogP contribution is -2.44. The summed E-state index contributed by atoms with van der Waals surface area (Å²) in [4.78, 5) is 54.6. The van der Waals surface area contributed by atoms with Crippen LogP contribution in [0.3, 0.4) is 0 Å². The lowest BCUT2D eigenvalue weighted by atomic mass is 9.98. The highest BCUT2D eigenvalue weighted by Gasteiger charge is 2.52. The van der Waals surface area contributed by atoms with E-state index in [-0.39, 0.29) is 37.1 Å². The van der Waals surface area contributed by atoms with Gasteiger partial charge in [0.1, 0.15) is 17.8 Å². The fraction of sp³-hybridized carbons (Fsp3) is 0.476. The monoisotopic (exact) mass is 412 g/mol. The van der Waals surface area contributed by atoms with Crippen LogP contribution >= 0.6 is 0 Å². The molecule has 2 aromatic rings. The van der Waals surface area contributed by atoms with Crippen molar-refractivity contribution in [2.24, 2.45) is 0 Å². The number of imide groups is 1. The largest absolute Gasteiger partial charge is 0.459 e. The fourth-order valence-corrected chi connectivity index (χ4v) is 4.24. The Morgan fingerprint density at radius 2 is 2.00 bits per heavy atom. The van der Waals surface area contributed by atoms with Gasteiger partial charge in [-0.25, -0.2) is 9.78 Å². The summed E-state index contributed by atoms with van der Waals surface area (Å²) in [5.74, 6) is -0.654. The average Bonchev–Trinajstić information content (AvgIpc) is 3.26. The van der Waals surface area contributed by atoms with Gasteiger partial charge < -0.3 is 10.1 Å². The van der Waals surface area contributed by atoms with Gasteiger partial charge >= 0.3 is 12.0 Å². The maximum atomic E-state index is 12.6. The lowest BCUT2D eigenvalue weighted by molar-refractivity contribution is -0.145. The maximum Gasteiger partial charge on any atom is 0.325 e. The van der Waals surface area contributed by atoms with Crippen LogP contribution in [0, 0.1) is 6.92 Å². The molecule has 2 aromatic heterocycles. The number of hydrogen-bond donors (Lipinski definition) is 1. The van der Waals surface area contributed by atoms with Crippen molar-refractivity contribution in [1.29, 1.82) is 0 Å². The molecular formula is C21H24N4O5. The molecule has 1 aliphatic carbocycles. The first-order chi connectivity index (χ1) is 14.4. The van der Waals surface area contributed by atoms with E-state index in [0.717, 1.165) is 18.5 Å². The van der Waals surface area contributed by atoms with Gasteiger partial charge in [0.25, 0.3) is 11.5 Å². The number of fused-ring (bicyclic) bond motifs is 1. The van der Waals surface area contributed by atoms with E-state index in [1.807, 2.05) is 13.0 Å².